The van der Waals surface area contributed by atoms with Crippen molar-refractivity contribution in [2.24, 2.45) is 0 Å². The number of nitrogens with one attached hydrogen (secondary N) is 1. The van der Waals surface area contributed by atoms with Crippen molar-refractivity contribution < 1.29 is 23.4 Å². The highest BCUT2D eigenvalue weighted by atomic mass is 32.2. The summed E-state index contributed by atoms with van der Waals surface area (Å²) in [6, 6.07) is 25.4. The number of benzene rings is 5. The lowest BCUT2D eigenvalue weighted by molar-refractivity contribution is 0.414. The van der Waals surface area contributed by atoms with Crippen molar-refractivity contribution in [2.75, 3.05) is 11.8 Å². The van der Waals surface area contributed by atoms with Crippen LogP contribution < -0.4 is 9.46 Å². The largest absolute Gasteiger partial charge is 0.508 e. The van der Waals surface area contributed by atoms with Crippen LogP contribution in [0.3, 0.4) is 0 Å². The Hall–Kier alpha value is -4.23. The van der Waals surface area contributed by atoms with Gasteiger partial charge in [-0.25, -0.2) is 8.42 Å². The van der Waals surface area contributed by atoms with Gasteiger partial charge >= 0.3 is 0 Å². The van der Waals surface area contributed by atoms with Crippen molar-refractivity contribution in [3.05, 3.63) is 91.0 Å². The van der Waals surface area contributed by atoms with Gasteiger partial charge in [-0.3, -0.25) is 4.72 Å². The number of anilines is 1. The summed E-state index contributed by atoms with van der Waals surface area (Å²) < 4.78 is 34.2. The first-order valence-electron chi connectivity index (χ1n) is 10.5. The second kappa shape index (κ2) is 8.28. The molecular weight excluding hydrogens is 450 g/mol. The van der Waals surface area contributed by atoms with E-state index >= 15 is 0 Å². The summed E-state index contributed by atoms with van der Waals surface area (Å²) in [5, 5.41) is 24.1. The Labute approximate surface area is 196 Å². The van der Waals surface area contributed by atoms with Gasteiger partial charge in [-0.15, -0.1) is 0 Å². The lowest BCUT2D eigenvalue weighted by Crippen LogP contribution is -2.13. The number of hydrogen-bond donors (Lipinski definition) is 3. The third-order valence-corrected chi connectivity index (χ3v) is 7.15. The summed E-state index contributed by atoms with van der Waals surface area (Å²) in [4.78, 5) is 0.0785. The lowest BCUT2D eigenvalue weighted by atomic mass is 9.94. The van der Waals surface area contributed by atoms with Gasteiger partial charge in [0.15, 0.2) is 0 Å². The number of fused-ring (bicyclic) bond motifs is 2. The quantitative estimate of drug-likeness (QED) is 0.278. The van der Waals surface area contributed by atoms with Crippen LogP contribution in [-0.2, 0) is 10.0 Å². The van der Waals surface area contributed by atoms with E-state index in [1.807, 2.05) is 24.3 Å². The van der Waals surface area contributed by atoms with E-state index in [0.717, 1.165) is 10.8 Å². The molecule has 6 nitrogen and oxygen atoms in total. The summed E-state index contributed by atoms with van der Waals surface area (Å²) in [5.74, 6) is 0.590. The molecule has 5 rings (SSSR count). The Balaban J connectivity index is 1.72. The van der Waals surface area contributed by atoms with Gasteiger partial charge < -0.3 is 14.9 Å². The number of ether oxygens (including phenoxy) is 1. The molecule has 0 aliphatic heterocycles. The Morgan fingerprint density at radius 3 is 2.09 bits per heavy atom. The maximum Gasteiger partial charge on any atom is 0.261 e. The highest BCUT2D eigenvalue weighted by Gasteiger charge is 2.20. The van der Waals surface area contributed by atoms with E-state index in [1.54, 1.807) is 54.6 Å². The van der Waals surface area contributed by atoms with E-state index in [2.05, 4.69) is 4.72 Å². The van der Waals surface area contributed by atoms with Crippen molar-refractivity contribution in [3.63, 3.8) is 0 Å². The molecule has 0 heterocycles. The predicted molar refractivity (Wildman–Crippen MR) is 134 cm³/mol. The fourth-order valence-corrected chi connectivity index (χ4v) is 5.20. The summed E-state index contributed by atoms with van der Waals surface area (Å²) >= 11 is 0. The minimum absolute atomic E-state index is 0.00116. The SMILES string of the molecule is COc1ccc(S(=O)(=O)Nc2cc(-c3cc(O)cc4ccccc34)c(O)c3ccccc23)cc1. The third kappa shape index (κ3) is 3.76. The van der Waals surface area contributed by atoms with Crippen LogP contribution in [0.5, 0.6) is 17.2 Å². The van der Waals surface area contributed by atoms with Crippen molar-refractivity contribution in [1.82, 2.24) is 0 Å². The Bertz CT molecular complexity index is 1640. The molecule has 0 atom stereocenters. The number of methoxy groups -OCH3 is 1. The number of phenolic OH excluding ortho intramolecular Hbond substituents is 2. The second-order valence-electron chi connectivity index (χ2n) is 7.86. The van der Waals surface area contributed by atoms with Crippen LogP contribution in [0.15, 0.2) is 95.9 Å². The van der Waals surface area contributed by atoms with E-state index in [1.165, 1.54) is 19.2 Å². The van der Waals surface area contributed by atoms with Crippen LogP contribution in [0.2, 0.25) is 0 Å². The van der Waals surface area contributed by atoms with Gasteiger partial charge in [-0.05, 0) is 58.8 Å². The molecule has 0 bridgehead atoms. The van der Waals surface area contributed by atoms with Crippen molar-refractivity contribution in [2.45, 2.75) is 4.90 Å². The van der Waals surface area contributed by atoms with Crippen molar-refractivity contribution in [1.29, 1.82) is 0 Å². The monoisotopic (exact) mass is 471 g/mol. The zero-order valence-electron chi connectivity index (χ0n) is 18.2. The molecule has 34 heavy (non-hydrogen) atoms. The smallest absolute Gasteiger partial charge is 0.261 e. The number of sulfonamides is 1. The molecule has 0 aromatic heterocycles. The van der Waals surface area contributed by atoms with Gasteiger partial charge in [0.2, 0.25) is 0 Å². The predicted octanol–water partition coefficient (Wildman–Crippen LogP) is 5.88. The molecule has 0 fully saturated rings. The fourth-order valence-electron chi connectivity index (χ4n) is 4.13. The van der Waals surface area contributed by atoms with Gasteiger partial charge in [-0.2, -0.15) is 0 Å². The highest BCUT2D eigenvalue weighted by Crippen LogP contribution is 2.44. The van der Waals surface area contributed by atoms with Crippen molar-refractivity contribution >= 4 is 37.3 Å². The molecule has 3 N–H and O–H groups in total. The van der Waals surface area contributed by atoms with E-state index in [-0.39, 0.29) is 16.4 Å². The molecule has 170 valence electrons. The average Bonchev–Trinajstić information content (AvgIpc) is 2.85. The molecule has 7 heteroatoms. The normalized spacial score (nSPS) is 11.6. The summed E-state index contributed by atoms with van der Waals surface area (Å²) in [5.41, 5.74) is 1.30. The molecule has 5 aromatic rings. The lowest BCUT2D eigenvalue weighted by Gasteiger charge is -2.17. The topological polar surface area (TPSA) is 95.9 Å². The Morgan fingerprint density at radius 1 is 0.735 bits per heavy atom. The van der Waals surface area contributed by atoms with Crippen LogP contribution in [0.4, 0.5) is 5.69 Å². The minimum atomic E-state index is -3.93. The molecule has 0 amide bonds. The van der Waals surface area contributed by atoms with Gasteiger partial charge in [0.25, 0.3) is 10.0 Å². The maximum atomic E-state index is 13.2. The third-order valence-electron chi connectivity index (χ3n) is 5.77. The standard InChI is InChI=1S/C27H21NO5S/c1-33-19-10-12-20(13-11-19)34(31,32)28-26-16-25(27(30)23-9-5-4-8-22(23)26)24-15-18(29)14-17-6-2-3-7-21(17)24/h2-16,28-30H,1H3. The number of rotatable bonds is 5. The van der Waals surface area contributed by atoms with Gasteiger partial charge in [-0.1, -0.05) is 48.5 Å². The Kier molecular flexibility index (Phi) is 5.26. The van der Waals surface area contributed by atoms with E-state index in [9.17, 15) is 18.6 Å². The first-order valence-corrected chi connectivity index (χ1v) is 12.0. The first kappa shape index (κ1) is 21.6. The molecule has 0 saturated carbocycles. The molecule has 0 radical (unpaired) electrons. The molecule has 0 unspecified atom stereocenters. The number of hydrogen-bond acceptors (Lipinski definition) is 5. The van der Waals surface area contributed by atoms with Gasteiger partial charge in [0.05, 0.1) is 17.7 Å². The summed E-state index contributed by atoms with van der Waals surface area (Å²) in [6.07, 6.45) is 0. The number of phenols is 2. The minimum Gasteiger partial charge on any atom is -0.508 e. The Morgan fingerprint density at radius 2 is 1.38 bits per heavy atom. The van der Waals surface area contributed by atoms with Crippen LogP contribution in [0, 0.1) is 0 Å². The zero-order chi connectivity index (χ0) is 23.9. The molecular formula is C27H21NO5S. The second-order valence-corrected chi connectivity index (χ2v) is 9.54. The van der Waals surface area contributed by atoms with E-state index in [0.29, 0.717) is 33.3 Å². The van der Waals surface area contributed by atoms with E-state index < -0.39 is 10.0 Å². The molecule has 0 aliphatic rings. The molecule has 0 spiro atoms. The molecule has 0 aliphatic carbocycles. The first-order chi connectivity index (χ1) is 16.4. The van der Waals surface area contributed by atoms with Crippen LogP contribution in [-0.4, -0.2) is 25.7 Å². The van der Waals surface area contributed by atoms with E-state index in [4.69, 9.17) is 4.74 Å². The van der Waals surface area contributed by atoms with Crippen LogP contribution in [0.25, 0.3) is 32.7 Å². The molecule has 0 saturated heterocycles. The highest BCUT2D eigenvalue weighted by molar-refractivity contribution is 7.92. The van der Waals surface area contributed by atoms with Crippen molar-refractivity contribution in [3.8, 4) is 28.4 Å². The fraction of sp³-hybridized carbons (Fsp3) is 0.0370. The van der Waals surface area contributed by atoms with Gasteiger partial charge in [0, 0.05) is 16.3 Å². The number of aromatic hydroxyl groups is 2. The maximum absolute atomic E-state index is 13.2. The summed E-state index contributed by atoms with van der Waals surface area (Å²) in [7, 11) is -2.42. The zero-order valence-corrected chi connectivity index (χ0v) is 19.0. The average molecular weight is 472 g/mol. The summed E-state index contributed by atoms with van der Waals surface area (Å²) in [6.45, 7) is 0. The van der Waals surface area contributed by atoms with Gasteiger partial charge in [0.1, 0.15) is 17.2 Å². The van der Waals surface area contributed by atoms with Crippen LogP contribution in [0.1, 0.15) is 0 Å². The van der Waals surface area contributed by atoms with Crippen LogP contribution >= 0.6 is 0 Å². The molecule has 5 aromatic carbocycles.